The van der Waals surface area contributed by atoms with Gasteiger partial charge in [-0.3, -0.25) is 4.79 Å². The minimum absolute atomic E-state index is 0.0636. The highest BCUT2D eigenvalue weighted by Gasteiger charge is 2.24. The Kier molecular flexibility index (Phi) is 5.56. The Labute approximate surface area is 121 Å². The van der Waals surface area contributed by atoms with Crippen LogP contribution in [0.5, 0.6) is 0 Å². The number of carbonyl (C=O) groups excluding carboxylic acids is 1. The molecule has 4 nitrogen and oxygen atoms in total. The third kappa shape index (κ3) is 3.81. The van der Waals surface area contributed by atoms with Crippen molar-refractivity contribution in [2.45, 2.75) is 31.7 Å². The molecule has 2 rings (SSSR count). The number of piperidine rings is 1. The van der Waals surface area contributed by atoms with E-state index >= 15 is 0 Å². The number of hydrogen-bond donors (Lipinski definition) is 2. The van der Waals surface area contributed by atoms with Gasteiger partial charge in [0.25, 0.3) is 0 Å². The van der Waals surface area contributed by atoms with Crippen molar-refractivity contribution in [3.05, 3.63) is 35.9 Å². The number of rotatable bonds is 5. The van der Waals surface area contributed by atoms with Crippen molar-refractivity contribution in [1.82, 2.24) is 10.2 Å². The van der Waals surface area contributed by atoms with Gasteiger partial charge >= 0.3 is 0 Å². The van der Waals surface area contributed by atoms with Gasteiger partial charge in [0.05, 0.1) is 5.92 Å². The average molecular weight is 275 g/mol. The van der Waals surface area contributed by atoms with Crippen LogP contribution >= 0.6 is 0 Å². The van der Waals surface area contributed by atoms with Gasteiger partial charge in [0, 0.05) is 25.7 Å². The molecular formula is C16H25N3O. The normalized spacial score (nSPS) is 18.7. The lowest BCUT2D eigenvalue weighted by atomic mass is 9.97. The monoisotopic (exact) mass is 275 g/mol. The molecule has 1 aliphatic rings. The minimum Gasteiger partial charge on any atom is -0.353 e. The number of amides is 1. The van der Waals surface area contributed by atoms with Crippen LogP contribution in [0.25, 0.3) is 0 Å². The molecule has 110 valence electrons. The highest BCUT2D eigenvalue weighted by molar-refractivity contribution is 5.84. The van der Waals surface area contributed by atoms with E-state index in [9.17, 15) is 4.79 Å². The molecular weight excluding hydrogens is 250 g/mol. The molecule has 0 aromatic heterocycles. The Hall–Kier alpha value is -1.39. The number of nitrogens with two attached hydrogens (primary N) is 1. The van der Waals surface area contributed by atoms with Gasteiger partial charge in [0.1, 0.15) is 0 Å². The molecule has 0 radical (unpaired) electrons. The van der Waals surface area contributed by atoms with Gasteiger partial charge in [-0.1, -0.05) is 37.3 Å². The van der Waals surface area contributed by atoms with Crippen molar-refractivity contribution >= 4 is 5.91 Å². The average Bonchev–Trinajstić information content (AvgIpc) is 2.50. The van der Waals surface area contributed by atoms with Gasteiger partial charge < -0.3 is 16.0 Å². The lowest BCUT2D eigenvalue weighted by Gasteiger charge is -2.32. The molecule has 1 atom stereocenters. The lowest BCUT2D eigenvalue weighted by Crippen LogP contribution is -2.46. The first kappa shape index (κ1) is 15.0. The number of hydrogen-bond acceptors (Lipinski definition) is 3. The molecule has 1 saturated heterocycles. The molecule has 0 bridgehead atoms. The lowest BCUT2D eigenvalue weighted by molar-refractivity contribution is -0.123. The summed E-state index contributed by atoms with van der Waals surface area (Å²) in [6.45, 7) is 5.76. The number of nitrogens with one attached hydrogen (secondary N) is 1. The highest BCUT2D eigenvalue weighted by Crippen LogP contribution is 2.16. The van der Waals surface area contributed by atoms with E-state index in [1.54, 1.807) is 0 Å². The van der Waals surface area contributed by atoms with Crippen molar-refractivity contribution < 1.29 is 4.79 Å². The van der Waals surface area contributed by atoms with Crippen LogP contribution in [-0.2, 0) is 4.79 Å². The SMILES string of the molecule is CCN1CCC(NC(=O)C(CN)c2ccccc2)CC1. The zero-order valence-corrected chi connectivity index (χ0v) is 12.2. The Balaban J connectivity index is 1.90. The van der Waals surface area contributed by atoms with Crippen LogP contribution in [0.3, 0.4) is 0 Å². The van der Waals surface area contributed by atoms with E-state index in [-0.39, 0.29) is 11.8 Å². The second-order valence-corrected chi connectivity index (χ2v) is 5.42. The summed E-state index contributed by atoms with van der Waals surface area (Å²) >= 11 is 0. The molecule has 1 aromatic carbocycles. The second-order valence-electron chi connectivity index (χ2n) is 5.42. The summed E-state index contributed by atoms with van der Waals surface area (Å²) in [6, 6.07) is 10.1. The molecule has 4 heteroatoms. The Bertz CT molecular complexity index is 413. The van der Waals surface area contributed by atoms with Crippen molar-refractivity contribution in [3.63, 3.8) is 0 Å². The zero-order chi connectivity index (χ0) is 14.4. The van der Waals surface area contributed by atoms with Crippen LogP contribution in [0.15, 0.2) is 30.3 Å². The summed E-state index contributed by atoms with van der Waals surface area (Å²) in [6.07, 6.45) is 2.07. The van der Waals surface area contributed by atoms with Crippen LogP contribution in [0.1, 0.15) is 31.2 Å². The maximum atomic E-state index is 12.4. The summed E-state index contributed by atoms with van der Waals surface area (Å²) in [5.41, 5.74) is 6.78. The van der Waals surface area contributed by atoms with Crippen LogP contribution in [0.4, 0.5) is 0 Å². The van der Waals surface area contributed by atoms with Gasteiger partial charge in [0.15, 0.2) is 0 Å². The minimum atomic E-state index is -0.236. The summed E-state index contributed by atoms with van der Waals surface area (Å²) in [5, 5.41) is 3.17. The van der Waals surface area contributed by atoms with E-state index in [1.807, 2.05) is 30.3 Å². The molecule has 0 aliphatic carbocycles. The van der Waals surface area contributed by atoms with Crippen molar-refractivity contribution in [3.8, 4) is 0 Å². The maximum absolute atomic E-state index is 12.4. The second kappa shape index (κ2) is 7.41. The van der Waals surface area contributed by atoms with E-state index in [0.29, 0.717) is 12.6 Å². The van der Waals surface area contributed by atoms with E-state index < -0.39 is 0 Å². The number of likely N-dealkylation sites (tertiary alicyclic amines) is 1. The molecule has 1 fully saturated rings. The Morgan fingerprint density at radius 2 is 2.00 bits per heavy atom. The number of nitrogens with zero attached hydrogens (tertiary/aromatic N) is 1. The van der Waals surface area contributed by atoms with Gasteiger partial charge in [-0.2, -0.15) is 0 Å². The van der Waals surface area contributed by atoms with Crippen LogP contribution in [-0.4, -0.2) is 43.0 Å². The highest BCUT2D eigenvalue weighted by atomic mass is 16.2. The van der Waals surface area contributed by atoms with Crippen molar-refractivity contribution in [1.29, 1.82) is 0 Å². The fourth-order valence-corrected chi connectivity index (χ4v) is 2.78. The zero-order valence-electron chi connectivity index (χ0n) is 12.2. The Morgan fingerprint density at radius 3 is 2.55 bits per heavy atom. The molecule has 1 amide bonds. The summed E-state index contributed by atoms with van der Waals surface area (Å²) in [5.74, 6) is -0.172. The summed E-state index contributed by atoms with van der Waals surface area (Å²) in [4.78, 5) is 14.8. The molecule has 0 spiro atoms. The predicted molar refractivity (Wildman–Crippen MR) is 81.5 cm³/mol. The fourth-order valence-electron chi connectivity index (χ4n) is 2.78. The smallest absolute Gasteiger partial charge is 0.229 e. The van der Waals surface area contributed by atoms with Crippen LogP contribution < -0.4 is 11.1 Å². The molecule has 1 unspecified atom stereocenters. The predicted octanol–water partition coefficient (Wildman–Crippen LogP) is 1.33. The van der Waals surface area contributed by atoms with E-state index in [2.05, 4.69) is 17.1 Å². The molecule has 20 heavy (non-hydrogen) atoms. The molecule has 1 aromatic rings. The maximum Gasteiger partial charge on any atom is 0.229 e. The topological polar surface area (TPSA) is 58.4 Å². The van der Waals surface area contributed by atoms with Crippen LogP contribution in [0.2, 0.25) is 0 Å². The van der Waals surface area contributed by atoms with Crippen molar-refractivity contribution in [2.24, 2.45) is 5.73 Å². The van der Waals surface area contributed by atoms with Gasteiger partial charge in [-0.25, -0.2) is 0 Å². The first-order valence-corrected chi connectivity index (χ1v) is 7.52. The standard InChI is InChI=1S/C16H25N3O/c1-2-19-10-8-14(9-11-19)18-16(20)15(12-17)13-6-4-3-5-7-13/h3-7,14-15H,2,8-12,17H2,1H3,(H,18,20). The molecule has 1 heterocycles. The third-order valence-electron chi connectivity index (χ3n) is 4.14. The quantitative estimate of drug-likeness (QED) is 0.852. The first-order chi connectivity index (χ1) is 9.74. The summed E-state index contributed by atoms with van der Waals surface area (Å²) < 4.78 is 0. The molecule has 0 saturated carbocycles. The van der Waals surface area contributed by atoms with E-state index in [4.69, 9.17) is 5.73 Å². The van der Waals surface area contributed by atoms with E-state index in [1.165, 1.54) is 0 Å². The number of carbonyl (C=O) groups is 1. The van der Waals surface area contributed by atoms with Gasteiger partial charge in [-0.15, -0.1) is 0 Å². The third-order valence-corrected chi connectivity index (χ3v) is 4.14. The van der Waals surface area contributed by atoms with E-state index in [0.717, 1.165) is 38.0 Å². The largest absolute Gasteiger partial charge is 0.353 e. The Morgan fingerprint density at radius 1 is 1.35 bits per heavy atom. The van der Waals surface area contributed by atoms with Crippen molar-refractivity contribution in [2.75, 3.05) is 26.2 Å². The van der Waals surface area contributed by atoms with Crippen LogP contribution in [0, 0.1) is 0 Å². The number of benzene rings is 1. The first-order valence-electron chi connectivity index (χ1n) is 7.52. The molecule has 3 N–H and O–H groups in total. The van der Waals surface area contributed by atoms with Gasteiger partial charge in [0.2, 0.25) is 5.91 Å². The van der Waals surface area contributed by atoms with Gasteiger partial charge in [-0.05, 0) is 24.9 Å². The molecule has 1 aliphatic heterocycles. The fraction of sp³-hybridized carbons (Fsp3) is 0.562. The summed E-state index contributed by atoms with van der Waals surface area (Å²) in [7, 11) is 0.